The van der Waals surface area contributed by atoms with Gasteiger partial charge in [0.1, 0.15) is 0 Å². The smallest absolute Gasteiger partial charge is 0.382 e. The molecule has 0 aromatic heterocycles. The molecule has 0 radical (unpaired) electrons. The molecular formula is C28H29F6N5O3. The Morgan fingerprint density at radius 1 is 1.05 bits per heavy atom. The van der Waals surface area contributed by atoms with Gasteiger partial charge < -0.3 is 21.3 Å². The van der Waals surface area contributed by atoms with E-state index in [4.69, 9.17) is 5.73 Å². The molecule has 0 aliphatic carbocycles. The van der Waals surface area contributed by atoms with Gasteiger partial charge in [-0.1, -0.05) is 35.9 Å². The summed E-state index contributed by atoms with van der Waals surface area (Å²) in [6.45, 7) is 2.38. The lowest BCUT2D eigenvalue weighted by Gasteiger charge is -2.32. The van der Waals surface area contributed by atoms with Crippen LogP contribution >= 0.6 is 0 Å². The summed E-state index contributed by atoms with van der Waals surface area (Å²) in [5.74, 6) is -7.02. The van der Waals surface area contributed by atoms with Crippen molar-refractivity contribution in [2.45, 2.75) is 51.1 Å². The second kappa shape index (κ2) is 12.0. The minimum atomic E-state index is -4.77. The van der Waals surface area contributed by atoms with Crippen LogP contribution in [0.1, 0.15) is 42.4 Å². The number of aryl methyl sites for hydroxylation is 1. The number of anilines is 2. The van der Waals surface area contributed by atoms with Gasteiger partial charge in [0.25, 0.3) is 5.91 Å². The molecule has 4 N–H and O–H groups in total. The predicted octanol–water partition coefficient (Wildman–Crippen LogP) is 4.45. The number of alkyl halides is 6. The first-order valence-corrected chi connectivity index (χ1v) is 13.2. The van der Waals surface area contributed by atoms with Crippen LogP contribution in [0.25, 0.3) is 0 Å². The maximum absolute atomic E-state index is 13.8. The summed E-state index contributed by atoms with van der Waals surface area (Å²) in [7, 11) is 0. The number of carbonyl (C=O) groups excluding carboxylic acids is 3. The third-order valence-electron chi connectivity index (χ3n) is 7.21. The fraction of sp³-hybridized carbons (Fsp3) is 0.429. The Bertz CT molecular complexity index is 1390. The van der Waals surface area contributed by atoms with Crippen molar-refractivity contribution < 1.29 is 40.7 Å². The Labute approximate surface area is 237 Å². The Kier molecular flexibility index (Phi) is 8.83. The van der Waals surface area contributed by atoms with Gasteiger partial charge in [-0.25, -0.2) is 4.99 Å². The average Bonchev–Trinajstić information content (AvgIpc) is 3.01. The summed E-state index contributed by atoms with van der Waals surface area (Å²) >= 11 is 0. The Balaban J connectivity index is 1.75. The van der Waals surface area contributed by atoms with Gasteiger partial charge in [0.05, 0.1) is 17.1 Å². The van der Waals surface area contributed by atoms with Crippen LogP contribution in [0.3, 0.4) is 0 Å². The normalized spacial score (nSPS) is 18.3. The molecule has 2 aromatic rings. The fourth-order valence-electron chi connectivity index (χ4n) is 5.26. The van der Waals surface area contributed by atoms with Crippen LogP contribution in [0, 0.1) is 18.8 Å². The Morgan fingerprint density at radius 2 is 1.69 bits per heavy atom. The third-order valence-corrected chi connectivity index (χ3v) is 7.21. The zero-order valence-electron chi connectivity index (χ0n) is 22.5. The number of hydrogen-bond donors (Lipinski definition) is 3. The highest BCUT2D eigenvalue weighted by atomic mass is 19.4. The second-order valence-corrected chi connectivity index (χ2v) is 10.3. The molecule has 2 aromatic carbocycles. The lowest BCUT2D eigenvalue weighted by Crippen LogP contribution is -2.52. The largest absolute Gasteiger partial charge is 0.389 e. The van der Waals surface area contributed by atoms with Gasteiger partial charge in [-0.05, 0) is 31.9 Å². The summed E-state index contributed by atoms with van der Waals surface area (Å²) in [5, 5.41) is 5.55. The fourth-order valence-corrected chi connectivity index (χ4v) is 5.26. The van der Waals surface area contributed by atoms with E-state index in [0.717, 1.165) is 5.56 Å². The number of aliphatic imine (C=N–C) groups is 1. The molecule has 226 valence electrons. The zero-order chi connectivity index (χ0) is 30.8. The zero-order valence-corrected chi connectivity index (χ0v) is 22.5. The minimum Gasteiger partial charge on any atom is -0.382 e. The van der Waals surface area contributed by atoms with Crippen molar-refractivity contribution in [1.29, 1.82) is 0 Å². The van der Waals surface area contributed by atoms with Crippen LogP contribution in [-0.4, -0.2) is 55.0 Å². The number of carbonyl (C=O) groups is 3. The maximum atomic E-state index is 13.8. The summed E-state index contributed by atoms with van der Waals surface area (Å²) in [4.78, 5) is 45.3. The summed E-state index contributed by atoms with van der Waals surface area (Å²) in [6.07, 6.45) is -16.2. The van der Waals surface area contributed by atoms with Gasteiger partial charge in [0.2, 0.25) is 18.0 Å². The molecule has 2 aliphatic heterocycles. The average molecular weight is 598 g/mol. The number of nitrogens with zero attached hydrogens (tertiary/aromatic N) is 2. The van der Waals surface area contributed by atoms with Gasteiger partial charge in [-0.2, -0.15) is 26.3 Å². The van der Waals surface area contributed by atoms with Gasteiger partial charge in [0.15, 0.2) is 0 Å². The maximum Gasteiger partial charge on any atom is 0.389 e. The quantitative estimate of drug-likeness (QED) is 0.371. The topological polar surface area (TPSA) is 117 Å². The number of para-hydroxylation sites is 1. The first-order chi connectivity index (χ1) is 19.6. The van der Waals surface area contributed by atoms with E-state index in [-0.39, 0.29) is 6.54 Å². The first kappa shape index (κ1) is 30.8. The van der Waals surface area contributed by atoms with Crippen molar-refractivity contribution in [2.24, 2.45) is 22.6 Å². The van der Waals surface area contributed by atoms with Gasteiger partial charge in [-0.3, -0.25) is 14.4 Å². The van der Waals surface area contributed by atoms with Gasteiger partial charge in [0, 0.05) is 48.9 Å². The van der Waals surface area contributed by atoms with Crippen LogP contribution in [-0.2, 0) is 14.4 Å². The van der Waals surface area contributed by atoms with E-state index in [0.29, 0.717) is 34.8 Å². The van der Waals surface area contributed by atoms with E-state index >= 15 is 0 Å². The first-order valence-electron chi connectivity index (χ1n) is 13.2. The molecule has 42 heavy (non-hydrogen) atoms. The molecule has 2 aliphatic rings. The number of amides is 3. The molecular weight excluding hydrogens is 568 g/mol. The highest BCUT2D eigenvalue weighted by molar-refractivity contribution is 6.22. The van der Waals surface area contributed by atoms with E-state index < -0.39 is 73.8 Å². The van der Waals surface area contributed by atoms with Gasteiger partial charge in [-0.15, -0.1) is 0 Å². The van der Waals surface area contributed by atoms with Crippen molar-refractivity contribution >= 4 is 34.8 Å². The molecule has 0 saturated carbocycles. The lowest BCUT2D eigenvalue weighted by atomic mass is 9.83. The van der Waals surface area contributed by atoms with E-state index in [2.05, 4.69) is 15.6 Å². The molecule has 0 spiro atoms. The summed E-state index contributed by atoms with van der Waals surface area (Å²) < 4.78 is 78.3. The van der Waals surface area contributed by atoms with E-state index in [1.165, 1.54) is 4.90 Å². The van der Waals surface area contributed by atoms with Crippen LogP contribution < -0.4 is 21.3 Å². The van der Waals surface area contributed by atoms with E-state index in [1.54, 1.807) is 36.4 Å². The van der Waals surface area contributed by atoms with Crippen LogP contribution in [0.4, 0.5) is 37.7 Å². The molecule has 8 nitrogen and oxygen atoms in total. The van der Waals surface area contributed by atoms with Crippen molar-refractivity contribution in [3.05, 3.63) is 59.2 Å². The Hall–Kier alpha value is -4.10. The van der Waals surface area contributed by atoms with Crippen LogP contribution in [0.2, 0.25) is 0 Å². The van der Waals surface area contributed by atoms with Crippen molar-refractivity contribution in [3.63, 3.8) is 0 Å². The number of nitrogens with two attached hydrogens (primary N) is 1. The number of primary amides is 1. The number of benzene rings is 2. The molecule has 4 rings (SSSR count). The summed E-state index contributed by atoms with van der Waals surface area (Å²) in [6, 6.07) is 12.4. The molecule has 0 saturated heterocycles. The molecule has 2 heterocycles. The minimum absolute atomic E-state index is 0.179. The SMILES string of the molecule is Cc1cccc(C2=N[C@H](NC(=O)[C@@H](CCC(F)(F)F)[C@@H](CCC(F)(F)F)C(N)=O)C(=O)N3CCNc4cccc2c43)c1. The van der Waals surface area contributed by atoms with Gasteiger partial charge >= 0.3 is 12.4 Å². The third kappa shape index (κ3) is 7.21. The second-order valence-electron chi connectivity index (χ2n) is 10.3. The molecule has 0 bridgehead atoms. The lowest BCUT2D eigenvalue weighted by molar-refractivity contribution is -0.152. The molecule has 0 fully saturated rings. The number of nitrogens with one attached hydrogen (secondary N) is 2. The Morgan fingerprint density at radius 3 is 2.31 bits per heavy atom. The van der Waals surface area contributed by atoms with Crippen molar-refractivity contribution in [3.8, 4) is 0 Å². The van der Waals surface area contributed by atoms with E-state index in [1.807, 2.05) is 13.0 Å². The van der Waals surface area contributed by atoms with Crippen LogP contribution in [0.15, 0.2) is 47.5 Å². The molecule has 0 unspecified atom stereocenters. The predicted molar refractivity (Wildman–Crippen MR) is 143 cm³/mol. The highest BCUT2D eigenvalue weighted by Crippen LogP contribution is 2.37. The van der Waals surface area contributed by atoms with Crippen molar-refractivity contribution in [1.82, 2.24) is 5.32 Å². The highest BCUT2D eigenvalue weighted by Gasteiger charge is 2.42. The monoisotopic (exact) mass is 597 g/mol. The number of halogens is 6. The standard InChI is InChI=1S/C28H29F6N5O3/c1-15-4-2-5-16(14-15)21-19-6-3-7-20-22(19)39(13-12-36-20)26(42)24(37-21)38-25(41)18(9-11-28(32,33)34)17(23(35)40)8-10-27(29,30)31/h2-7,14,17-18,24,36H,8-13H2,1H3,(H2,35,40)(H,38,41)/t17-,18+,24-/m1/s1. The van der Waals surface area contributed by atoms with E-state index in [9.17, 15) is 40.7 Å². The van der Waals surface area contributed by atoms with Crippen molar-refractivity contribution in [2.75, 3.05) is 23.3 Å². The number of rotatable bonds is 9. The number of hydrogen-bond acceptors (Lipinski definition) is 5. The molecule has 3 amide bonds. The molecule has 3 atom stereocenters. The molecule has 14 heteroatoms. The van der Waals surface area contributed by atoms with Crippen LogP contribution in [0.5, 0.6) is 0 Å². The summed E-state index contributed by atoms with van der Waals surface area (Å²) in [5.41, 5.74) is 8.75.